The first-order valence-corrected chi connectivity index (χ1v) is 7.33. The Balaban J connectivity index is 1.78. The molecule has 0 aromatic heterocycles. The summed E-state index contributed by atoms with van der Waals surface area (Å²) in [6.45, 7) is 2.17. The Morgan fingerprint density at radius 1 is 1.53 bits per heavy atom. The van der Waals surface area contributed by atoms with Crippen LogP contribution in [0.2, 0.25) is 0 Å². The molecule has 5 heteroatoms. The molecule has 1 aromatic rings. The number of aliphatic hydroxyl groups is 1. The van der Waals surface area contributed by atoms with E-state index in [-0.39, 0.29) is 11.9 Å². The highest BCUT2D eigenvalue weighted by molar-refractivity contribution is 9.10. The summed E-state index contributed by atoms with van der Waals surface area (Å²) in [6.07, 6.45) is 1.55. The minimum absolute atomic E-state index is 0.00365. The fourth-order valence-electron chi connectivity index (χ4n) is 1.77. The van der Waals surface area contributed by atoms with Crippen LogP contribution in [0.4, 0.5) is 0 Å². The molecule has 0 aliphatic heterocycles. The number of aliphatic hydroxyl groups excluding tert-OH is 1. The third-order valence-electron chi connectivity index (χ3n) is 3.17. The van der Waals surface area contributed by atoms with E-state index < -0.39 is 6.10 Å². The van der Waals surface area contributed by atoms with E-state index in [1.807, 2.05) is 31.2 Å². The Morgan fingerprint density at radius 2 is 2.26 bits per heavy atom. The molecule has 1 aliphatic rings. The number of carbonyl (C=O) groups excluding carboxylic acids is 1. The Morgan fingerprint density at radius 3 is 2.89 bits per heavy atom. The van der Waals surface area contributed by atoms with Gasteiger partial charge in [0, 0.05) is 17.1 Å². The van der Waals surface area contributed by atoms with E-state index in [9.17, 15) is 9.90 Å². The van der Waals surface area contributed by atoms with Gasteiger partial charge in [-0.25, -0.2) is 0 Å². The Hall–Kier alpha value is -0.910. The second-order valence-electron chi connectivity index (χ2n) is 4.98. The monoisotopic (exact) mass is 326 g/mol. The average molecular weight is 327 g/mol. The molecule has 0 saturated heterocycles. The standard InChI is InChI=1S/C14H19BrN2O2/c1-9(14(19)17-12-5-6-12)16-8-13(18)10-3-2-4-11(15)7-10/h2-4,7,9,12-13,16,18H,5-6,8H2,1H3,(H,17,19). The lowest BCUT2D eigenvalue weighted by Gasteiger charge is -2.17. The van der Waals surface area contributed by atoms with Gasteiger partial charge in [0.1, 0.15) is 0 Å². The van der Waals surface area contributed by atoms with Crippen LogP contribution >= 0.6 is 15.9 Å². The molecule has 1 aromatic carbocycles. The fourth-order valence-corrected chi connectivity index (χ4v) is 2.18. The van der Waals surface area contributed by atoms with Gasteiger partial charge < -0.3 is 15.7 Å². The predicted molar refractivity (Wildman–Crippen MR) is 77.7 cm³/mol. The number of rotatable bonds is 6. The molecule has 2 atom stereocenters. The SMILES string of the molecule is CC(NCC(O)c1cccc(Br)c1)C(=O)NC1CC1. The van der Waals surface area contributed by atoms with Gasteiger partial charge in [0.05, 0.1) is 12.1 Å². The van der Waals surface area contributed by atoms with Crippen LogP contribution in [0.1, 0.15) is 31.4 Å². The molecule has 2 unspecified atom stereocenters. The molecule has 0 spiro atoms. The zero-order chi connectivity index (χ0) is 13.8. The zero-order valence-electron chi connectivity index (χ0n) is 10.9. The molecule has 1 fully saturated rings. The van der Waals surface area contributed by atoms with Gasteiger partial charge in [-0.3, -0.25) is 4.79 Å². The number of amides is 1. The summed E-state index contributed by atoms with van der Waals surface area (Å²) in [5.41, 5.74) is 0.830. The molecule has 0 radical (unpaired) electrons. The van der Waals surface area contributed by atoms with E-state index in [1.165, 1.54) is 0 Å². The normalized spacial score (nSPS) is 17.8. The highest BCUT2D eigenvalue weighted by atomic mass is 79.9. The lowest BCUT2D eigenvalue weighted by molar-refractivity contribution is -0.123. The second-order valence-corrected chi connectivity index (χ2v) is 5.90. The summed E-state index contributed by atoms with van der Waals surface area (Å²) >= 11 is 3.37. The van der Waals surface area contributed by atoms with Crippen LogP contribution in [-0.2, 0) is 4.79 Å². The first-order chi connectivity index (χ1) is 9.06. The number of hydrogen-bond acceptors (Lipinski definition) is 3. The number of carbonyl (C=O) groups is 1. The molecule has 0 heterocycles. The largest absolute Gasteiger partial charge is 0.387 e. The first-order valence-electron chi connectivity index (χ1n) is 6.53. The van der Waals surface area contributed by atoms with E-state index in [4.69, 9.17) is 0 Å². The van der Waals surface area contributed by atoms with Gasteiger partial charge in [0.15, 0.2) is 0 Å². The maximum absolute atomic E-state index is 11.7. The molecule has 3 N–H and O–H groups in total. The van der Waals surface area contributed by atoms with Gasteiger partial charge in [0.2, 0.25) is 5.91 Å². The quantitative estimate of drug-likeness (QED) is 0.746. The van der Waals surface area contributed by atoms with E-state index in [1.54, 1.807) is 0 Å². The van der Waals surface area contributed by atoms with Crippen molar-refractivity contribution in [3.05, 3.63) is 34.3 Å². The van der Waals surface area contributed by atoms with Crippen LogP contribution in [0, 0.1) is 0 Å². The Labute approximate surface area is 121 Å². The van der Waals surface area contributed by atoms with Gasteiger partial charge in [-0.05, 0) is 37.5 Å². The number of benzene rings is 1. The van der Waals surface area contributed by atoms with Gasteiger partial charge in [-0.15, -0.1) is 0 Å². The third-order valence-corrected chi connectivity index (χ3v) is 3.66. The minimum Gasteiger partial charge on any atom is -0.387 e. The summed E-state index contributed by atoms with van der Waals surface area (Å²) in [6, 6.07) is 7.61. The molecule has 1 aliphatic carbocycles. The van der Waals surface area contributed by atoms with Gasteiger partial charge in [-0.1, -0.05) is 28.1 Å². The maximum Gasteiger partial charge on any atom is 0.237 e. The highest BCUT2D eigenvalue weighted by Gasteiger charge is 2.25. The lowest BCUT2D eigenvalue weighted by atomic mass is 10.1. The van der Waals surface area contributed by atoms with Crippen molar-refractivity contribution in [1.29, 1.82) is 0 Å². The maximum atomic E-state index is 11.7. The average Bonchev–Trinajstić information content (AvgIpc) is 3.19. The highest BCUT2D eigenvalue weighted by Crippen LogP contribution is 2.19. The fraction of sp³-hybridized carbons (Fsp3) is 0.500. The van der Waals surface area contributed by atoms with Crippen LogP contribution in [0.5, 0.6) is 0 Å². The summed E-state index contributed by atoms with van der Waals surface area (Å²) in [5, 5.41) is 16.0. The van der Waals surface area contributed by atoms with Crippen molar-refractivity contribution in [3.63, 3.8) is 0 Å². The van der Waals surface area contributed by atoms with E-state index in [2.05, 4.69) is 26.6 Å². The molecule has 19 heavy (non-hydrogen) atoms. The minimum atomic E-state index is -0.617. The van der Waals surface area contributed by atoms with E-state index in [0.717, 1.165) is 22.9 Å². The topological polar surface area (TPSA) is 61.4 Å². The van der Waals surface area contributed by atoms with Crippen molar-refractivity contribution in [2.45, 2.75) is 38.0 Å². The molecular weight excluding hydrogens is 308 g/mol. The Kier molecular flexibility index (Phi) is 4.96. The van der Waals surface area contributed by atoms with Crippen LogP contribution in [0.3, 0.4) is 0 Å². The van der Waals surface area contributed by atoms with Crippen LogP contribution in [0.25, 0.3) is 0 Å². The smallest absolute Gasteiger partial charge is 0.237 e. The second kappa shape index (κ2) is 6.50. The van der Waals surface area contributed by atoms with E-state index in [0.29, 0.717) is 12.6 Å². The zero-order valence-corrected chi connectivity index (χ0v) is 12.5. The molecule has 0 bridgehead atoms. The third kappa shape index (κ3) is 4.60. The van der Waals surface area contributed by atoms with Crippen molar-refractivity contribution in [3.8, 4) is 0 Å². The van der Waals surface area contributed by atoms with Crippen molar-refractivity contribution < 1.29 is 9.90 Å². The number of halogens is 1. The summed E-state index contributed by atoms with van der Waals surface area (Å²) in [4.78, 5) is 11.7. The summed E-state index contributed by atoms with van der Waals surface area (Å²) in [7, 11) is 0. The van der Waals surface area contributed by atoms with Crippen molar-refractivity contribution in [1.82, 2.24) is 10.6 Å². The van der Waals surface area contributed by atoms with Crippen molar-refractivity contribution in [2.75, 3.05) is 6.54 Å². The lowest BCUT2D eigenvalue weighted by Crippen LogP contribution is -2.44. The number of nitrogens with one attached hydrogen (secondary N) is 2. The first kappa shape index (κ1) is 14.5. The molecule has 104 valence electrons. The van der Waals surface area contributed by atoms with E-state index >= 15 is 0 Å². The molecular formula is C14H19BrN2O2. The van der Waals surface area contributed by atoms with Crippen LogP contribution in [0.15, 0.2) is 28.7 Å². The molecule has 4 nitrogen and oxygen atoms in total. The molecule has 1 saturated carbocycles. The van der Waals surface area contributed by atoms with Gasteiger partial charge >= 0.3 is 0 Å². The van der Waals surface area contributed by atoms with Gasteiger partial charge in [-0.2, -0.15) is 0 Å². The summed E-state index contributed by atoms with van der Waals surface area (Å²) < 4.78 is 0.934. The number of hydrogen-bond donors (Lipinski definition) is 3. The summed E-state index contributed by atoms with van der Waals surface area (Å²) in [5.74, 6) is 0.00365. The molecule has 2 rings (SSSR count). The van der Waals surface area contributed by atoms with Crippen molar-refractivity contribution in [2.24, 2.45) is 0 Å². The molecule has 1 amide bonds. The predicted octanol–water partition coefficient (Wildman–Crippen LogP) is 1.74. The Bertz CT molecular complexity index is 449. The van der Waals surface area contributed by atoms with Crippen molar-refractivity contribution >= 4 is 21.8 Å². The van der Waals surface area contributed by atoms with Crippen LogP contribution < -0.4 is 10.6 Å². The van der Waals surface area contributed by atoms with Crippen LogP contribution in [-0.4, -0.2) is 29.6 Å². The van der Waals surface area contributed by atoms with Gasteiger partial charge in [0.25, 0.3) is 0 Å².